The predicted molar refractivity (Wildman–Crippen MR) is 85.6 cm³/mol. The summed E-state index contributed by atoms with van der Waals surface area (Å²) in [5, 5.41) is 0. The number of imidazole rings is 1. The number of ether oxygens (including phenoxy) is 1. The predicted octanol–water partition coefficient (Wildman–Crippen LogP) is 4.97. The highest BCUT2D eigenvalue weighted by Gasteiger charge is 2.13. The molecule has 0 spiro atoms. The molecule has 3 rings (SSSR count). The summed E-state index contributed by atoms with van der Waals surface area (Å²) in [6.45, 7) is 6.24. The lowest BCUT2D eigenvalue weighted by atomic mass is 10.0. The van der Waals surface area contributed by atoms with Crippen molar-refractivity contribution in [2.45, 2.75) is 32.8 Å². The molecule has 0 aliphatic carbocycles. The van der Waals surface area contributed by atoms with Gasteiger partial charge in [0.05, 0.1) is 11.0 Å². The summed E-state index contributed by atoms with van der Waals surface area (Å²) in [5.74, 6) is 1.70. The fourth-order valence-corrected chi connectivity index (χ4v) is 2.39. The van der Waals surface area contributed by atoms with Crippen LogP contribution in [0.5, 0.6) is 5.75 Å². The molecule has 3 nitrogen and oxygen atoms in total. The molecule has 3 aromatic rings. The van der Waals surface area contributed by atoms with Crippen LogP contribution in [0.25, 0.3) is 11.0 Å². The number of benzene rings is 2. The van der Waals surface area contributed by atoms with Crippen LogP contribution in [0.2, 0.25) is 0 Å². The SMILES string of the molecule is CC(C)c1ccc(OC(C)c2nc3ccc(F)cc3[nH]2)cc1. The smallest absolute Gasteiger partial charge is 0.153 e. The van der Waals surface area contributed by atoms with Gasteiger partial charge in [0.25, 0.3) is 0 Å². The molecule has 0 saturated carbocycles. The van der Waals surface area contributed by atoms with E-state index in [-0.39, 0.29) is 11.9 Å². The summed E-state index contributed by atoms with van der Waals surface area (Å²) in [6.07, 6.45) is -0.236. The van der Waals surface area contributed by atoms with E-state index < -0.39 is 0 Å². The average Bonchev–Trinajstić information content (AvgIpc) is 2.91. The Hall–Kier alpha value is -2.36. The molecule has 0 aliphatic rings. The summed E-state index contributed by atoms with van der Waals surface area (Å²) in [6, 6.07) is 12.6. The van der Waals surface area contributed by atoms with E-state index in [1.807, 2.05) is 19.1 Å². The van der Waals surface area contributed by atoms with Gasteiger partial charge in [-0.1, -0.05) is 26.0 Å². The van der Waals surface area contributed by atoms with Gasteiger partial charge in [-0.05, 0) is 48.7 Å². The largest absolute Gasteiger partial charge is 0.483 e. The minimum Gasteiger partial charge on any atom is -0.483 e. The van der Waals surface area contributed by atoms with Crippen molar-refractivity contribution in [2.24, 2.45) is 0 Å². The molecular formula is C18H19FN2O. The molecule has 2 aromatic carbocycles. The minimum absolute atomic E-state index is 0.236. The molecule has 1 heterocycles. The average molecular weight is 298 g/mol. The standard InChI is InChI=1S/C18H19FN2O/c1-11(2)13-4-7-15(8-5-13)22-12(3)18-20-16-9-6-14(19)10-17(16)21-18/h4-12H,1-3H3,(H,20,21). The summed E-state index contributed by atoms with van der Waals surface area (Å²) < 4.78 is 19.1. The van der Waals surface area contributed by atoms with E-state index >= 15 is 0 Å². The van der Waals surface area contributed by atoms with Crippen LogP contribution in [0, 0.1) is 5.82 Å². The van der Waals surface area contributed by atoms with E-state index in [9.17, 15) is 4.39 Å². The van der Waals surface area contributed by atoms with Gasteiger partial charge in [0.2, 0.25) is 0 Å². The normalized spacial score (nSPS) is 12.8. The minimum atomic E-state index is -0.277. The van der Waals surface area contributed by atoms with Crippen LogP contribution in [0.4, 0.5) is 4.39 Å². The van der Waals surface area contributed by atoms with Gasteiger partial charge in [-0.15, -0.1) is 0 Å². The molecule has 0 bridgehead atoms. The molecule has 22 heavy (non-hydrogen) atoms. The number of hydrogen-bond donors (Lipinski definition) is 1. The number of nitrogens with one attached hydrogen (secondary N) is 1. The quantitative estimate of drug-likeness (QED) is 0.738. The monoisotopic (exact) mass is 298 g/mol. The van der Waals surface area contributed by atoms with Crippen molar-refractivity contribution in [1.82, 2.24) is 9.97 Å². The van der Waals surface area contributed by atoms with Crippen molar-refractivity contribution in [1.29, 1.82) is 0 Å². The summed E-state index contributed by atoms with van der Waals surface area (Å²) >= 11 is 0. The molecule has 1 aromatic heterocycles. The summed E-state index contributed by atoms with van der Waals surface area (Å²) in [7, 11) is 0. The molecule has 0 amide bonds. The summed E-state index contributed by atoms with van der Waals surface area (Å²) in [5.41, 5.74) is 2.70. The first-order chi connectivity index (χ1) is 10.5. The van der Waals surface area contributed by atoms with Crippen molar-refractivity contribution in [3.8, 4) is 5.75 Å². The van der Waals surface area contributed by atoms with Gasteiger partial charge in [-0.3, -0.25) is 0 Å². The Balaban J connectivity index is 1.78. The van der Waals surface area contributed by atoms with E-state index in [4.69, 9.17) is 4.74 Å². The lowest BCUT2D eigenvalue weighted by molar-refractivity contribution is 0.218. The molecule has 1 atom stereocenters. The number of H-pyrrole nitrogens is 1. The van der Waals surface area contributed by atoms with Gasteiger partial charge in [0.1, 0.15) is 17.4 Å². The second-order valence-corrected chi connectivity index (χ2v) is 5.77. The van der Waals surface area contributed by atoms with Crippen molar-refractivity contribution in [3.63, 3.8) is 0 Å². The molecule has 0 aliphatic heterocycles. The molecule has 0 radical (unpaired) electrons. The Bertz CT molecular complexity index is 777. The Kier molecular flexibility index (Phi) is 3.84. The van der Waals surface area contributed by atoms with Gasteiger partial charge in [0, 0.05) is 0 Å². The van der Waals surface area contributed by atoms with E-state index in [1.54, 1.807) is 6.07 Å². The van der Waals surface area contributed by atoms with Crippen LogP contribution in [0.1, 0.15) is 44.2 Å². The van der Waals surface area contributed by atoms with Gasteiger partial charge >= 0.3 is 0 Å². The van der Waals surface area contributed by atoms with E-state index in [0.717, 1.165) is 11.3 Å². The molecule has 114 valence electrons. The third-order valence-electron chi connectivity index (χ3n) is 3.71. The Morgan fingerprint density at radius 1 is 1.05 bits per heavy atom. The zero-order chi connectivity index (χ0) is 15.7. The van der Waals surface area contributed by atoms with Gasteiger partial charge in [-0.2, -0.15) is 0 Å². The Morgan fingerprint density at radius 2 is 1.77 bits per heavy atom. The third kappa shape index (κ3) is 2.96. The number of rotatable bonds is 4. The van der Waals surface area contributed by atoms with Crippen molar-refractivity contribution < 1.29 is 9.13 Å². The van der Waals surface area contributed by atoms with Crippen LogP contribution >= 0.6 is 0 Å². The van der Waals surface area contributed by atoms with Gasteiger partial charge in [-0.25, -0.2) is 9.37 Å². The first-order valence-corrected chi connectivity index (χ1v) is 7.44. The topological polar surface area (TPSA) is 37.9 Å². The zero-order valence-electron chi connectivity index (χ0n) is 12.9. The lowest BCUT2D eigenvalue weighted by Gasteiger charge is -2.13. The molecule has 0 saturated heterocycles. The van der Waals surface area contributed by atoms with Crippen molar-refractivity contribution >= 4 is 11.0 Å². The highest BCUT2D eigenvalue weighted by atomic mass is 19.1. The van der Waals surface area contributed by atoms with Crippen LogP contribution < -0.4 is 4.74 Å². The fourth-order valence-electron chi connectivity index (χ4n) is 2.39. The van der Waals surface area contributed by atoms with Crippen LogP contribution in [-0.4, -0.2) is 9.97 Å². The van der Waals surface area contributed by atoms with Crippen LogP contribution in [0.3, 0.4) is 0 Å². The molecule has 0 fully saturated rings. The van der Waals surface area contributed by atoms with Gasteiger partial charge < -0.3 is 9.72 Å². The van der Waals surface area contributed by atoms with E-state index in [1.165, 1.54) is 17.7 Å². The van der Waals surface area contributed by atoms with Gasteiger partial charge in [0.15, 0.2) is 6.10 Å². The van der Waals surface area contributed by atoms with E-state index in [2.05, 4.69) is 35.9 Å². The number of aromatic nitrogens is 2. The van der Waals surface area contributed by atoms with E-state index in [0.29, 0.717) is 17.3 Å². The maximum absolute atomic E-state index is 13.2. The zero-order valence-corrected chi connectivity index (χ0v) is 12.9. The molecular weight excluding hydrogens is 279 g/mol. The third-order valence-corrected chi connectivity index (χ3v) is 3.71. The molecule has 4 heteroatoms. The number of nitrogens with zero attached hydrogens (tertiary/aromatic N) is 1. The van der Waals surface area contributed by atoms with Crippen molar-refractivity contribution in [2.75, 3.05) is 0 Å². The number of hydrogen-bond acceptors (Lipinski definition) is 2. The number of aromatic amines is 1. The maximum atomic E-state index is 13.2. The van der Waals surface area contributed by atoms with Crippen molar-refractivity contribution in [3.05, 3.63) is 59.7 Å². The Labute approximate surface area is 129 Å². The molecule has 1 N–H and O–H groups in total. The second kappa shape index (κ2) is 5.79. The highest BCUT2D eigenvalue weighted by molar-refractivity contribution is 5.75. The Morgan fingerprint density at radius 3 is 2.45 bits per heavy atom. The lowest BCUT2D eigenvalue weighted by Crippen LogP contribution is -2.05. The fraction of sp³-hybridized carbons (Fsp3) is 0.278. The first kappa shape index (κ1) is 14.6. The van der Waals surface area contributed by atoms with Crippen LogP contribution in [0.15, 0.2) is 42.5 Å². The number of halogens is 1. The second-order valence-electron chi connectivity index (χ2n) is 5.77. The molecule has 1 unspecified atom stereocenters. The highest BCUT2D eigenvalue weighted by Crippen LogP contribution is 2.24. The first-order valence-electron chi connectivity index (χ1n) is 7.44. The maximum Gasteiger partial charge on any atom is 0.153 e. The number of fused-ring (bicyclic) bond motifs is 1. The summed E-state index contributed by atoms with van der Waals surface area (Å²) in [4.78, 5) is 7.56. The van der Waals surface area contributed by atoms with Crippen LogP contribution in [-0.2, 0) is 0 Å².